The highest BCUT2D eigenvalue weighted by molar-refractivity contribution is 7.70. The molecule has 2 atom stereocenters. The average molecular weight is 424 g/mol. The smallest absolute Gasteiger partial charge is 0.251 e. The van der Waals surface area contributed by atoms with Gasteiger partial charge in [-0.3, -0.25) is 4.79 Å². The van der Waals surface area contributed by atoms with Crippen molar-refractivity contribution in [1.29, 1.82) is 0 Å². The van der Waals surface area contributed by atoms with Crippen molar-refractivity contribution in [3.8, 4) is 0 Å². The van der Waals surface area contributed by atoms with Gasteiger partial charge in [0.15, 0.2) is 5.54 Å². The number of thiol groups is 1. The van der Waals surface area contributed by atoms with Crippen LogP contribution in [0.1, 0.15) is 35.2 Å². The number of hydrogen-bond acceptors (Lipinski definition) is 4. The molecule has 0 fully saturated rings. The number of carbonyl (C=O) groups excluding carboxylic acids is 1. The topological polar surface area (TPSA) is 101 Å². The fourth-order valence-electron chi connectivity index (χ4n) is 3.45. The monoisotopic (exact) mass is 423 g/mol. The zero-order valence-electron chi connectivity index (χ0n) is 16.6. The van der Waals surface area contributed by atoms with Crippen LogP contribution in [-0.2, 0) is 27.8 Å². The van der Waals surface area contributed by atoms with Crippen molar-refractivity contribution < 1.29 is 13.2 Å². The highest BCUT2D eigenvalue weighted by Crippen LogP contribution is 2.31. The molecule has 0 heterocycles. The molecule has 0 bridgehead atoms. The lowest BCUT2D eigenvalue weighted by Gasteiger charge is -2.33. The molecule has 0 saturated heterocycles. The molecule has 7 heteroatoms. The lowest BCUT2D eigenvalue weighted by Crippen LogP contribution is -2.55. The van der Waals surface area contributed by atoms with Crippen LogP contribution >= 0.6 is 0 Å². The molecule has 2 unspecified atom stereocenters. The van der Waals surface area contributed by atoms with Crippen LogP contribution in [0.15, 0.2) is 84.9 Å². The third kappa shape index (κ3) is 4.59. The largest absolute Gasteiger partial charge is 0.347 e. The SMILES string of the molecule is CC(NC(=O)C(N[SH](=O)=O)(c1ccccc1)c1ccc(CN)cc1)c1ccccc1. The van der Waals surface area contributed by atoms with Gasteiger partial charge in [-0.15, -0.1) is 0 Å². The van der Waals surface area contributed by atoms with Crippen LogP contribution in [0.25, 0.3) is 0 Å². The van der Waals surface area contributed by atoms with Gasteiger partial charge in [-0.25, -0.2) is 8.42 Å². The summed E-state index contributed by atoms with van der Waals surface area (Å²) in [6, 6.07) is 25.0. The highest BCUT2D eigenvalue weighted by Gasteiger charge is 2.43. The van der Waals surface area contributed by atoms with Crippen molar-refractivity contribution in [2.75, 3.05) is 0 Å². The van der Waals surface area contributed by atoms with Gasteiger partial charge in [-0.1, -0.05) is 84.9 Å². The van der Waals surface area contributed by atoms with Crippen molar-refractivity contribution in [1.82, 2.24) is 10.0 Å². The number of carbonyl (C=O) groups is 1. The molecule has 30 heavy (non-hydrogen) atoms. The van der Waals surface area contributed by atoms with Gasteiger partial charge in [-0.2, -0.15) is 4.72 Å². The van der Waals surface area contributed by atoms with Gasteiger partial charge in [0.25, 0.3) is 5.91 Å². The van der Waals surface area contributed by atoms with E-state index in [1.165, 1.54) is 0 Å². The van der Waals surface area contributed by atoms with Crippen LogP contribution in [0.5, 0.6) is 0 Å². The fourth-order valence-corrected chi connectivity index (χ4v) is 4.09. The van der Waals surface area contributed by atoms with E-state index in [4.69, 9.17) is 5.73 Å². The van der Waals surface area contributed by atoms with Crippen LogP contribution < -0.4 is 15.8 Å². The molecule has 0 spiro atoms. The van der Waals surface area contributed by atoms with Crippen molar-refractivity contribution in [2.24, 2.45) is 5.73 Å². The summed E-state index contributed by atoms with van der Waals surface area (Å²) in [5.74, 6) is -0.468. The molecule has 0 saturated carbocycles. The summed E-state index contributed by atoms with van der Waals surface area (Å²) in [5.41, 5.74) is 6.89. The molecule has 3 aromatic carbocycles. The standard InChI is InChI=1S/C23H25N3O3S/c1-17(19-8-4-2-5-9-19)25-22(27)23(26-30(28)29,20-10-6-3-7-11-20)21-14-12-18(16-24)13-15-21/h2-15,17,30H,16,24H2,1H3,(H,25,27)(H,26,28,29). The van der Waals surface area contributed by atoms with E-state index in [1.807, 2.05) is 43.3 Å². The lowest BCUT2D eigenvalue weighted by molar-refractivity contribution is -0.126. The normalized spacial score (nSPS) is 14.1. The maximum Gasteiger partial charge on any atom is 0.251 e. The molecule has 0 radical (unpaired) electrons. The van der Waals surface area contributed by atoms with Crippen molar-refractivity contribution in [2.45, 2.75) is 25.0 Å². The Morgan fingerprint density at radius 2 is 1.43 bits per heavy atom. The van der Waals surface area contributed by atoms with Gasteiger partial charge in [0.05, 0.1) is 6.04 Å². The van der Waals surface area contributed by atoms with Gasteiger partial charge in [0.1, 0.15) is 0 Å². The third-order valence-electron chi connectivity index (χ3n) is 5.08. The molecule has 0 aliphatic rings. The van der Waals surface area contributed by atoms with Gasteiger partial charge in [0, 0.05) is 6.54 Å². The van der Waals surface area contributed by atoms with Crippen LogP contribution in [-0.4, -0.2) is 14.3 Å². The summed E-state index contributed by atoms with van der Waals surface area (Å²) in [6.07, 6.45) is 0. The first-order chi connectivity index (χ1) is 14.5. The minimum absolute atomic E-state index is 0.323. The van der Waals surface area contributed by atoms with Crippen LogP contribution in [0.3, 0.4) is 0 Å². The second-order valence-electron chi connectivity index (χ2n) is 6.99. The predicted octanol–water partition coefficient (Wildman–Crippen LogP) is 2.38. The van der Waals surface area contributed by atoms with E-state index in [2.05, 4.69) is 10.0 Å². The quantitative estimate of drug-likeness (QED) is 0.418. The van der Waals surface area contributed by atoms with Crippen molar-refractivity contribution >= 4 is 16.8 Å². The van der Waals surface area contributed by atoms with Crippen molar-refractivity contribution in [3.05, 3.63) is 107 Å². The summed E-state index contributed by atoms with van der Waals surface area (Å²) >= 11 is 0. The first-order valence-corrected chi connectivity index (χ1v) is 10.8. The number of amides is 1. The van der Waals surface area contributed by atoms with Gasteiger partial charge >= 0.3 is 0 Å². The molecule has 156 valence electrons. The molecular weight excluding hydrogens is 398 g/mol. The molecule has 0 aliphatic carbocycles. The van der Waals surface area contributed by atoms with Gasteiger partial charge in [0.2, 0.25) is 10.9 Å². The second-order valence-corrected chi connectivity index (χ2v) is 7.73. The molecule has 0 aromatic heterocycles. The number of benzene rings is 3. The van der Waals surface area contributed by atoms with Crippen LogP contribution in [0.2, 0.25) is 0 Å². The van der Waals surface area contributed by atoms with E-state index in [0.29, 0.717) is 17.7 Å². The van der Waals surface area contributed by atoms with Crippen LogP contribution in [0, 0.1) is 0 Å². The Bertz CT molecular complexity index is 1050. The second kappa shape index (κ2) is 9.67. The van der Waals surface area contributed by atoms with E-state index in [9.17, 15) is 13.2 Å². The Balaban J connectivity index is 2.12. The number of nitrogens with two attached hydrogens (primary N) is 1. The van der Waals surface area contributed by atoms with E-state index >= 15 is 0 Å². The molecular formula is C23H25N3O3S. The molecule has 0 aliphatic heterocycles. The van der Waals surface area contributed by atoms with E-state index < -0.39 is 22.3 Å². The molecule has 3 aromatic rings. The summed E-state index contributed by atoms with van der Waals surface area (Å²) in [4.78, 5) is 13.7. The summed E-state index contributed by atoms with van der Waals surface area (Å²) in [6.45, 7) is 2.21. The summed E-state index contributed by atoms with van der Waals surface area (Å²) in [7, 11) is -3.09. The van der Waals surface area contributed by atoms with Gasteiger partial charge in [-0.05, 0) is 29.2 Å². The summed E-state index contributed by atoms with van der Waals surface area (Å²) in [5, 5.41) is 2.97. The number of rotatable bonds is 8. The molecule has 4 N–H and O–H groups in total. The van der Waals surface area contributed by atoms with Crippen LogP contribution in [0.4, 0.5) is 0 Å². The first-order valence-electron chi connectivity index (χ1n) is 9.60. The predicted molar refractivity (Wildman–Crippen MR) is 118 cm³/mol. The fraction of sp³-hybridized carbons (Fsp3) is 0.174. The maximum absolute atomic E-state index is 13.7. The van der Waals surface area contributed by atoms with E-state index in [1.54, 1.807) is 48.5 Å². The minimum atomic E-state index is -3.09. The lowest BCUT2D eigenvalue weighted by atomic mass is 9.82. The summed E-state index contributed by atoms with van der Waals surface area (Å²) < 4.78 is 26.3. The number of nitrogens with one attached hydrogen (secondary N) is 2. The third-order valence-corrected chi connectivity index (χ3v) is 5.59. The zero-order chi connectivity index (χ0) is 21.6. The van der Waals surface area contributed by atoms with E-state index in [0.717, 1.165) is 11.1 Å². The van der Waals surface area contributed by atoms with E-state index in [-0.39, 0.29) is 6.04 Å². The van der Waals surface area contributed by atoms with Crippen molar-refractivity contribution in [3.63, 3.8) is 0 Å². The maximum atomic E-state index is 13.7. The Morgan fingerprint density at radius 1 is 0.900 bits per heavy atom. The highest BCUT2D eigenvalue weighted by atomic mass is 32.2. The Labute approximate surface area is 178 Å². The molecule has 1 amide bonds. The van der Waals surface area contributed by atoms with Gasteiger partial charge < -0.3 is 11.1 Å². The zero-order valence-corrected chi connectivity index (χ0v) is 17.5. The Hall–Kier alpha value is -3.00. The molecule has 6 nitrogen and oxygen atoms in total. The minimum Gasteiger partial charge on any atom is -0.347 e. The molecule has 3 rings (SSSR count). The number of hydrogen-bond donors (Lipinski definition) is 4. The first kappa shape index (κ1) is 21.7. The Kier molecular flexibility index (Phi) is 6.99. The average Bonchev–Trinajstić information content (AvgIpc) is 2.78. The Morgan fingerprint density at radius 3 is 1.97 bits per heavy atom.